The lowest BCUT2D eigenvalue weighted by Gasteiger charge is -2.14. The zero-order valence-corrected chi connectivity index (χ0v) is 13.3. The molecule has 1 aromatic carbocycles. The molecule has 1 heterocycles. The number of urea groups is 1. The molecule has 2 rings (SSSR count). The predicted octanol–water partition coefficient (Wildman–Crippen LogP) is 2.67. The van der Waals surface area contributed by atoms with Crippen molar-refractivity contribution in [1.82, 2.24) is 9.88 Å². The van der Waals surface area contributed by atoms with Crippen molar-refractivity contribution in [3.8, 4) is 11.5 Å². The van der Waals surface area contributed by atoms with E-state index in [1.54, 1.807) is 20.3 Å². The minimum absolute atomic E-state index is 0.265. The molecule has 0 spiro atoms. The van der Waals surface area contributed by atoms with Crippen LogP contribution >= 0.6 is 0 Å². The Hall–Kier alpha value is -2.63. The van der Waals surface area contributed by atoms with Gasteiger partial charge in [-0.1, -0.05) is 0 Å². The van der Waals surface area contributed by atoms with Crippen molar-refractivity contribution >= 4 is 11.7 Å². The summed E-state index contributed by atoms with van der Waals surface area (Å²) in [5.41, 5.74) is 2.62. The van der Waals surface area contributed by atoms with Crippen LogP contribution in [0.1, 0.15) is 11.1 Å². The summed E-state index contributed by atoms with van der Waals surface area (Å²) in [5.74, 6) is 1.21. The molecule has 0 aliphatic carbocycles. The minimum Gasteiger partial charge on any atom is -0.493 e. The van der Waals surface area contributed by atoms with E-state index in [9.17, 15) is 4.79 Å². The largest absolute Gasteiger partial charge is 0.493 e. The molecular formula is C16H21N3O3. The second kappa shape index (κ2) is 6.89. The molecule has 0 radical (unpaired) electrons. The van der Waals surface area contributed by atoms with Crippen molar-refractivity contribution in [3.05, 3.63) is 41.7 Å². The van der Waals surface area contributed by atoms with E-state index in [2.05, 4.69) is 10.6 Å². The van der Waals surface area contributed by atoms with Gasteiger partial charge in [-0.3, -0.25) is 0 Å². The van der Waals surface area contributed by atoms with Crippen LogP contribution in [0.15, 0.2) is 30.6 Å². The summed E-state index contributed by atoms with van der Waals surface area (Å²) in [6.07, 6.45) is 3.90. The number of carbonyl (C=O) groups excluding carboxylic acids is 1. The second-order valence-corrected chi connectivity index (χ2v) is 5.02. The van der Waals surface area contributed by atoms with E-state index >= 15 is 0 Å². The van der Waals surface area contributed by atoms with Gasteiger partial charge in [0.15, 0.2) is 11.5 Å². The normalized spacial score (nSPS) is 10.2. The number of ether oxygens (including phenoxy) is 2. The minimum atomic E-state index is -0.265. The van der Waals surface area contributed by atoms with Crippen molar-refractivity contribution in [3.63, 3.8) is 0 Å². The summed E-state index contributed by atoms with van der Waals surface area (Å²) in [5, 5.41) is 5.64. The van der Waals surface area contributed by atoms with Gasteiger partial charge in [-0.05, 0) is 30.2 Å². The monoisotopic (exact) mass is 303 g/mol. The number of carbonyl (C=O) groups is 1. The van der Waals surface area contributed by atoms with E-state index in [0.717, 1.165) is 11.1 Å². The molecule has 0 bridgehead atoms. The fourth-order valence-electron chi connectivity index (χ4n) is 2.13. The third kappa shape index (κ3) is 3.72. The molecule has 0 aliphatic heterocycles. The second-order valence-electron chi connectivity index (χ2n) is 5.02. The Labute approximate surface area is 130 Å². The molecular weight excluding hydrogens is 282 g/mol. The quantitative estimate of drug-likeness (QED) is 0.892. The van der Waals surface area contributed by atoms with Crippen molar-refractivity contribution < 1.29 is 14.3 Å². The van der Waals surface area contributed by atoms with Crippen molar-refractivity contribution in [1.29, 1.82) is 0 Å². The maximum Gasteiger partial charge on any atom is 0.319 e. The lowest BCUT2D eigenvalue weighted by atomic mass is 10.1. The number of nitrogens with one attached hydrogen (secondary N) is 2. The van der Waals surface area contributed by atoms with Crippen LogP contribution in [0, 0.1) is 6.92 Å². The van der Waals surface area contributed by atoms with Gasteiger partial charge in [0.2, 0.25) is 0 Å². The van der Waals surface area contributed by atoms with Gasteiger partial charge < -0.3 is 24.7 Å². The first-order valence-electron chi connectivity index (χ1n) is 6.91. The summed E-state index contributed by atoms with van der Waals surface area (Å²) in [7, 11) is 5.08. The summed E-state index contributed by atoms with van der Waals surface area (Å²) < 4.78 is 12.4. The Balaban J connectivity index is 2.01. The first-order valence-corrected chi connectivity index (χ1v) is 6.91. The van der Waals surface area contributed by atoms with Crippen LogP contribution in [0.5, 0.6) is 11.5 Å². The number of aryl methyl sites for hydroxylation is 2. The molecule has 6 heteroatoms. The number of anilines is 1. The molecule has 0 saturated heterocycles. The van der Waals surface area contributed by atoms with Crippen LogP contribution in [0.3, 0.4) is 0 Å². The van der Waals surface area contributed by atoms with Gasteiger partial charge >= 0.3 is 6.03 Å². The van der Waals surface area contributed by atoms with E-state index in [1.165, 1.54) is 0 Å². The predicted molar refractivity (Wildman–Crippen MR) is 85.6 cm³/mol. The molecule has 6 nitrogen and oxygen atoms in total. The Morgan fingerprint density at radius 2 is 1.91 bits per heavy atom. The number of hydrogen-bond acceptors (Lipinski definition) is 3. The average Bonchev–Trinajstić information content (AvgIpc) is 2.92. The van der Waals surface area contributed by atoms with Crippen molar-refractivity contribution in [2.45, 2.75) is 13.5 Å². The van der Waals surface area contributed by atoms with Gasteiger partial charge in [0, 0.05) is 37.7 Å². The lowest BCUT2D eigenvalue weighted by molar-refractivity contribution is 0.251. The third-order valence-electron chi connectivity index (χ3n) is 3.33. The Kier molecular flexibility index (Phi) is 4.93. The summed E-state index contributed by atoms with van der Waals surface area (Å²) in [6, 6.07) is 5.27. The zero-order chi connectivity index (χ0) is 16.1. The highest BCUT2D eigenvalue weighted by atomic mass is 16.5. The fraction of sp³-hybridized carbons (Fsp3) is 0.312. The molecule has 22 heavy (non-hydrogen) atoms. The van der Waals surface area contributed by atoms with Crippen LogP contribution in [-0.4, -0.2) is 24.8 Å². The molecule has 0 unspecified atom stereocenters. The van der Waals surface area contributed by atoms with E-state index in [1.807, 2.05) is 43.1 Å². The molecule has 2 N–H and O–H groups in total. The van der Waals surface area contributed by atoms with Crippen LogP contribution in [0.25, 0.3) is 0 Å². The maximum atomic E-state index is 12.0. The molecule has 2 amide bonds. The van der Waals surface area contributed by atoms with Gasteiger partial charge in [0.1, 0.15) is 0 Å². The highest BCUT2D eigenvalue weighted by Crippen LogP contribution is 2.32. The standard InChI is InChI=1S/C16H21N3O3/c1-11-7-14(21-3)15(22-4)8-13(11)18-16(20)17-9-12-5-6-19(2)10-12/h5-8,10H,9H2,1-4H3,(H2,17,18,20). The number of methoxy groups -OCH3 is 2. The smallest absolute Gasteiger partial charge is 0.319 e. The SMILES string of the molecule is COc1cc(C)c(NC(=O)NCc2ccn(C)c2)cc1OC. The molecule has 118 valence electrons. The highest BCUT2D eigenvalue weighted by Gasteiger charge is 2.10. The highest BCUT2D eigenvalue weighted by molar-refractivity contribution is 5.90. The van der Waals surface area contributed by atoms with E-state index < -0.39 is 0 Å². The third-order valence-corrected chi connectivity index (χ3v) is 3.33. The molecule has 2 aromatic rings. The van der Waals surface area contributed by atoms with Crippen LogP contribution in [0.4, 0.5) is 10.5 Å². The molecule has 0 aliphatic rings. The van der Waals surface area contributed by atoms with Gasteiger partial charge in [-0.15, -0.1) is 0 Å². The van der Waals surface area contributed by atoms with Gasteiger partial charge in [0.25, 0.3) is 0 Å². The first kappa shape index (κ1) is 15.8. The number of benzene rings is 1. The van der Waals surface area contributed by atoms with Crippen LogP contribution in [-0.2, 0) is 13.6 Å². The molecule has 0 atom stereocenters. The van der Waals surface area contributed by atoms with Crippen molar-refractivity contribution in [2.75, 3.05) is 19.5 Å². The lowest BCUT2D eigenvalue weighted by Crippen LogP contribution is -2.28. The Morgan fingerprint density at radius 1 is 1.23 bits per heavy atom. The number of aromatic nitrogens is 1. The molecule has 1 aromatic heterocycles. The number of amides is 2. The Bertz CT molecular complexity index is 665. The van der Waals surface area contributed by atoms with Crippen LogP contribution in [0.2, 0.25) is 0 Å². The van der Waals surface area contributed by atoms with E-state index in [0.29, 0.717) is 23.7 Å². The Morgan fingerprint density at radius 3 is 2.50 bits per heavy atom. The number of rotatable bonds is 5. The van der Waals surface area contributed by atoms with Gasteiger partial charge in [0.05, 0.1) is 14.2 Å². The molecule has 0 saturated carbocycles. The van der Waals surface area contributed by atoms with Gasteiger partial charge in [-0.2, -0.15) is 0 Å². The van der Waals surface area contributed by atoms with E-state index in [4.69, 9.17) is 9.47 Å². The summed E-state index contributed by atoms with van der Waals surface area (Å²) in [4.78, 5) is 12.0. The van der Waals surface area contributed by atoms with Gasteiger partial charge in [-0.25, -0.2) is 4.79 Å². The molecule has 0 fully saturated rings. The van der Waals surface area contributed by atoms with Crippen molar-refractivity contribution in [2.24, 2.45) is 7.05 Å². The zero-order valence-electron chi connectivity index (χ0n) is 13.3. The maximum absolute atomic E-state index is 12.0. The van der Waals surface area contributed by atoms with Crippen LogP contribution < -0.4 is 20.1 Å². The topological polar surface area (TPSA) is 64.5 Å². The summed E-state index contributed by atoms with van der Waals surface area (Å²) in [6.45, 7) is 2.37. The number of hydrogen-bond donors (Lipinski definition) is 2. The average molecular weight is 303 g/mol. The summed E-state index contributed by atoms with van der Waals surface area (Å²) >= 11 is 0. The van der Waals surface area contributed by atoms with E-state index in [-0.39, 0.29) is 6.03 Å². The first-order chi connectivity index (χ1) is 10.5. The number of nitrogens with zero attached hydrogens (tertiary/aromatic N) is 1. The fourth-order valence-corrected chi connectivity index (χ4v) is 2.13.